The molecular formula is C43H83NO4. The molecule has 0 aromatic rings. The molecule has 0 aromatic carbocycles. The number of rotatable bonds is 41. The van der Waals surface area contributed by atoms with Crippen molar-refractivity contribution in [3.05, 3.63) is 24.3 Å². The summed E-state index contributed by atoms with van der Waals surface area (Å²) in [4.78, 5) is 13.3. The van der Waals surface area contributed by atoms with Gasteiger partial charge in [-0.25, -0.2) is 0 Å². The van der Waals surface area contributed by atoms with Gasteiger partial charge in [-0.05, 0) is 64.2 Å². The van der Waals surface area contributed by atoms with E-state index in [2.05, 4.69) is 43.1 Å². The van der Waals surface area contributed by atoms with E-state index in [9.17, 15) is 4.79 Å². The van der Waals surface area contributed by atoms with Crippen LogP contribution in [0.5, 0.6) is 0 Å². The number of hydrogen-bond acceptors (Lipinski definition) is 4. The van der Waals surface area contributed by atoms with Crippen molar-refractivity contribution in [2.24, 2.45) is 0 Å². The SMILES string of the molecule is CCCCCCCC/C=C\CCCCCCCCOCCN(CCOCCCCCCCC/C=C\CCCCCCCC)CCC(=O)O. The fourth-order valence-corrected chi connectivity index (χ4v) is 6.08. The van der Waals surface area contributed by atoms with Crippen LogP contribution in [0.4, 0.5) is 0 Å². The summed E-state index contributed by atoms with van der Waals surface area (Å²) in [7, 11) is 0. The third kappa shape index (κ3) is 41.0. The van der Waals surface area contributed by atoms with Gasteiger partial charge in [0.25, 0.3) is 0 Å². The Morgan fingerprint density at radius 2 is 0.750 bits per heavy atom. The Bertz CT molecular complexity index is 632. The van der Waals surface area contributed by atoms with Gasteiger partial charge in [-0.15, -0.1) is 0 Å². The Kier molecular flexibility index (Phi) is 41.0. The average Bonchev–Trinajstić information content (AvgIpc) is 3.08. The van der Waals surface area contributed by atoms with Crippen molar-refractivity contribution in [2.75, 3.05) is 46.1 Å². The largest absolute Gasteiger partial charge is 0.481 e. The van der Waals surface area contributed by atoms with Crippen LogP contribution in [-0.4, -0.2) is 62.0 Å². The summed E-state index contributed by atoms with van der Waals surface area (Å²) in [6, 6.07) is 0. The maximum absolute atomic E-state index is 11.1. The maximum Gasteiger partial charge on any atom is 0.304 e. The summed E-state index contributed by atoms with van der Waals surface area (Å²) < 4.78 is 11.8. The van der Waals surface area contributed by atoms with Gasteiger partial charge in [0.1, 0.15) is 0 Å². The van der Waals surface area contributed by atoms with Gasteiger partial charge in [-0.2, -0.15) is 0 Å². The van der Waals surface area contributed by atoms with E-state index >= 15 is 0 Å². The highest BCUT2D eigenvalue weighted by molar-refractivity contribution is 5.66. The van der Waals surface area contributed by atoms with Crippen molar-refractivity contribution in [2.45, 2.75) is 200 Å². The smallest absolute Gasteiger partial charge is 0.304 e. The minimum atomic E-state index is -0.741. The van der Waals surface area contributed by atoms with E-state index in [1.807, 2.05) is 0 Å². The third-order valence-corrected chi connectivity index (χ3v) is 9.35. The number of hydrogen-bond donors (Lipinski definition) is 1. The number of carboxylic acids is 1. The van der Waals surface area contributed by atoms with Crippen molar-refractivity contribution in [3.8, 4) is 0 Å². The van der Waals surface area contributed by atoms with Crippen LogP contribution < -0.4 is 0 Å². The van der Waals surface area contributed by atoms with Crippen LogP contribution >= 0.6 is 0 Å². The summed E-state index contributed by atoms with van der Waals surface area (Å²) in [6.07, 6.45) is 46.6. The van der Waals surface area contributed by atoms with Crippen LogP contribution in [0.25, 0.3) is 0 Å². The maximum atomic E-state index is 11.1. The van der Waals surface area contributed by atoms with Gasteiger partial charge in [-0.1, -0.05) is 154 Å². The van der Waals surface area contributed by atoms with E-state index in [1.54, 1.807) is 0 Å². The predicted octanol–water partition coefficient (Wildman–Crippen LogP) is 12.9. The van der Waals surface area contributed by atoms with Gasteiger partial charge in [0, 0.05) is 32.8 Å². The molecule has 0 heterocycles. The van der Waals surface area contributed by atoms with E-state index < -0.39 is 5.97 Å². The first-order valence-corrected chi connectivity index (χ1v) is 21.1. The average molecular weight is 678 g/mol. The summed E-state index contributed by atoms with van der Waals surface area (Å²) in [5.74, 6) is -0.741. The number of carboxylic acid groups (broad SMARTS) is 1. The highest BCUT2D eigenvalue weighted by atomic mass is 16.5. The zero-order valence-corrected chi connectivity index (χ0v) is 32.4. The first-order valence-electron chi connectivity index (χ1n) is 21.1. The van der Waals surface area contributed by atoms with E-state index in [-0.39, 0.29) is 6.42 Å². The summed E-state index contributed by atoms with van der Waals surface area (Å²) in [5, 5.41) is 9.14. The number of allylic oxidation sites excluding steroid dienone is 4. The molecule has 0 fully saturated rings. The molecule has 0 radical (unpaired) electrons. The van der Waals surface area contributed by atoms with E-state index in [0.717, 1.165) is 39.1 Å². The highest BCUT2D eigenvalue weighted by Crippen LogP contribution is 2.12. The minimum absolute atomic E-state index is 0.170. The molecule has 5 nitrogen and oxygen atoms in total. The molecule has 0 aliphatic carbocycles. The van der Waals surface area contributed by atoms with Crippen LogP contribution in [0.2, 0.25) is 0 Å². The zero-order chi connectivity index (χ0) is 34.9. The fraction of sp³-hybridized carbons (Fsp3) is 0.884. The second-order valence-electron chi connectivity index (χ2n) is 14.1. The van der Waals surface area contributed by atoms with Crippen LogP contribution in [0, 0.1) is 0 Å². The predicted molar refractivity (Wildman–Crippen MR) is 209 cm³/mol. The molecule has 0 rings (SSSR count). The summed E-state index contributed by atoms with van der Waals surface area (Å²) in [5.41, 5.74) is 0. The lowest BCUT2D eigenvalue weighted by molar-refractivity contribution is -0.137. The molecule has 1 N–H and O–H groups in total. The van der Waals surface area contributed by atoms with Gasteiger partial charge < -0.3 is 14.6 Å². The van der Waals surface area contributed by atoms with Gasteiger partial charge in [0.05, 0.1) is 19.6 Å². The van der Waals surface area contributed by atoms with Gasteiger partial charge >= 0.3 is 5.97 Å². The number of nitrogens with zero attached hydrogens (tertiary/aromatic N) is 1. The minimum Gasteiger partial charge on any atom is -0.481 e. The van der Waals surface area contributed by atoms with Gasteiger partial charge in [-0.3, -0.25) is 9.69 Å². The molecule has 0 aliphatic heterocycles. The Hall–Kier alpha value is -1.17. The molecule has 0 atom stereocenters. The molecule has 0 aliphatic rings. The molecule has 0 amide bonds. The van der Waals surface area contributed by atoms with Crippen molar-refractivity contribution >= 4 is 5.97 Å². The standard InChI is InChI=1S/C43H83NO4/c1-3-5-7-9-11-13-15-17-19-21-23-25-27-29-31-33-39-47-41-37-44(36-35-43(45)46)38-42-48-40-34-32-30-28-26-24-22-20-18-16-14-12-10-8-6-4-2/h17-20H,3-16,21-42H2,1-2H3,(H,45,46)/b19-17-,20-18-. The Labute approximate surface area is 300 Å². The van der Waals surface area contributed by atoms with Crippen molar-refractivity contribution in [1.29, 1.82) is 0 Å². The Morgan fingerprint density at radius 3 is 1.08 bits per heavy atom. The van der Waals surface area contributed by atoms with Crippen LogP contribution in [-0.2, 0) is 14.3 Å². The second kappa shape index (κ2) is 42.0. The van der Waals surface area contributed by atoms with Crippen molar-refractivity contribution < 1.29 is 19.4 Å². The molecular weight excluding hydrogens is 594 g/mol. The summed E-state index contributed by atoms with van der Waals surface area (Å²) >= 11 is 0. The lowest BCUT2D eigenvalue weighted by Gasteiger charge is -2.21. The van der Waals surface area contributed by atoms with Gasteiger partial charge in [0.15, 0.2) is 0 Å². The van der Waals surface area contributed by atoms with Crippen LogP contribution in [0.3, 0.4) is 0 Å². The molecule has 5 heteroatoms. The van der Waals surface area contributed by atoms with Crippen LogP contribution in [0.15, 0.2) is 24.3 Å². The normalized spacial score (nSPS) is 12.0. The highest BCUT2D eigenvalue weighted by Gasteiger charge is 2.08. The number of carbonyl (C=O) groups is 1. The Morgan fingerprint density at radius 1 is 0.438 bits per heavy atom. The number of aliphatic carboxylic acids is 1. The molecule has 0 aromatic heterocycles. The topological polar surface area (TPSA) is 59.0 Å². The van der Waals surface area contributed by atoms with Crippen LogP contribution in [0.1, 0.15) is 200 Å². The lowest BCUT2D eigenvalue weighted by Crippen LogP contribution is -2.33. The molecule has 0 spiro atoms. The molecule has 0 saturated heterocycles. The first-order chi connectivity index (χ1) is 23.7. The molecule has 284 valence electrons. The Balaban J connectivity index is 3.58. The van der Waals surface area contributed by atoms with Crippen molar-refractivity contribution in [3.63, 3.8) is 0 Å². The molecule has 48 heavy (non-hydrogen) atoms. The quantitative estimate of drug-likeness (QED) is 0.0515. The number of unbranched alkanes of at least 4 members (excludes halogenated alkanes) is 24. The second-order valence-corrected chi connectivity index (χ2v) is 14.1. The van der Waals surface area contributed by atoms with Crippen molar-refractivity contribution in [1.82, 2.24) is 4.90 Å². The first kappa shape index (κ1) is 46.8. The van der Waals surface area contributed by atoms with E-state index in [1.165, 1.54) is 167 Å². The molecule has 0 unspecified atom stereocenters. The van der Waals surface area contributed by atoms with Gasteiger partial charge in [0.2, 0.25) is 0 Å². The lowest BCUT2D eigenvalue weighted by atomic mass is 10.1. The number of ether oxygens (including phenoxy) is 2. The molecule has 0 saturated carbocycles. The van der Waals surface area contributed by atoms with E-state index in [0.29, 0.717) is 19.8 Å². The molecule has 0 bridgehead atoms. The monoisotopic (exact) mass is 678 g/mol. The zero-order valence-electron chi connectivity index (χ0n) is 32.4. The van der Waals surface area contributed by atoms with E-state index in [4.69, 9.17) is 14.6 Å². The summed E-state index contributed by atoms with van der Waals surface area (Å²) in [6.45, 7) is 9.61. The fourth-order valence-electron chi connectivity index (χ4n) is 6.08. The third-order valence-electron chi connectivity index (χ3n) is 9.35.